The maximum atomic E-state index is 14.8. The molecule has 0 nitrogen and oxygen atoms in total. The second kappa shape index (κ2) is 11.0. The number of alkyl halides is 2. The fraction of sp³-hybridized carbons (Fsp3) is 1.00. The maximum Gasteiger partial charge on any atom is 0.103 e. The molecule has 0 aromatic rings. The van der Waals surface area contributed by atoms with Gasteiger partial charge in [-0.2, -0.15) is 0 Å². The van der Waals surface area contributed by atoms with E-state index in [2.05, 4.69) is 13.8 Å². The van der Waals surface area contributed by atoms with Gasteiger partial charge in [-0.05, 0) is 62.2 Å². The maximum absolute atomic E-state index is 14.8. The zero-order chi connectivity index (χ0) is 17.4. The van der Waals surface area contributed by atoms with E-state index in [-0.39, 0.29) is 0 Å². The Morgan fingerprint density at radius 3 is 2.46 bits per heavy atom. The van der Waals surface area contributed by atoms with Crippen molar-refractivity contribution in [2.75, 3.05) is 0 Å². The lowest BCUT2D eigenvalue weighted by atomic mass is 9.78. The Hall–Kier alpha value is 0.220. The Balaban J connectivity index is 1.72. The van der Waals surface area contributed by atoms with Crippen LogP contribution >= 0.6 is 11.6 Å². The van der Waals surface area contributed by atoms with Crippen LogP contribution in [0.2, 0.25) is 0 Å². The summed E-state index contributed by atoms with van der Waals surface area (Å²) in [4.78, 5) is 0. The van der Waals surface area contributed by atoms with E-state index in [0.29, 0.717) is 23.1 Å². The molecule has 0 bridgehead atoms. The summed E-state index contributed by atoms with van der Waals surface area (Å²) in [5, 5.41) is 0.439. The molecule has 2 aliphatic rings. The van der Waals surface area contributed by atoms with Crippen LogP contribution in [0, 0.1) is 23.7 Å². The van der Waals surface area contributed by atoms with E-state index in [4.69, 9.17) is 11.6 Å². The third-order valence-corrected chi connectivity index (χ3v) is 7.24. The van der Waals surface area contributed by atoms with Crippen molar-refractivity contribution >= 4 is 11.6 Å². The number of hydrogen-bond donors (Lipinski definition) is 0. The van der Waals surface area contributed by atoms with Crippen molar-refractivity contribution in [3.05, 3.63) is 0 Å². The highest BCUT2D eigenvalue weighted by atomic mass is 35.5. The van der Waals surface area contributed by atoms with Crippen molar-refractivity contribution in [1.82, 2.24) is 0 Å². The van der Waals surface area contributed by atoms with Gasteiger partial charge in [-0.25, -0.2) is 4.39 Å². The van der Waals surface area contributed by atoms with Crippen molar-refractivity contribution in [3.8, 4) is 0 Å². The molecule has 0 saturated heterocycles. The van der Waals surface area contributed by atoms with Gasteiger partial charge in [0.1, 0.15) is 6.17 Å². The van der Waals surface area contributed by atoms with Gasteiger partial charge in [0.2, 0.25) is 0 Å². The number of rotatable bonds is 8. The first-order valence-electron chi connectivity index (χ1n) is 10.9. The zero-order valence-corrected chi connectivity index (χ0v) is 16.9. The van der Waals surface area contributed by atoms with Crippen LogP contribution in [0.4, 0.5) is 4.39 Å². The molecule has 2 heteroatoms. The van der Waals surface area contributed by atoms with E-state index in [1.807, 2.05) is 0 Å². The van der Waals surface area contributed by atoms with E-state index in [9.17, 15) is 4.39 Å². The third kappa shape index (κ3) is 6.85. The standard InChI is InChI=1S/C22H40ClF/c1-3-7-19(21-11-6-8-17(2)16-22(21)24)10-5-4-9-18-12-14-20(23)15-13-18/h17-22H,3-16H2,1-2H3. The monoisotopic (exact) mass is 358 g/mol. The van der Waals surface area contributed by atoms with Crippen LogP contribution in [0.1, 0.15) is 104 Å². The summed E-state index contributed by atoms with van der Waals surface area (Å²) < 4.78 is 14.8. The summed E-state index contributed by atoms with van der Waals surface area (Å²) in [7, 11) is 0. The van der Waals surface area contributed by atoms with Crippen molar-refractivity contribution in [1.29, 1.82) is 0 Å². The highest BCUT2D eigenvalue weighted by molar-refractivity contribution is 6.20. The molecule has 0 radical (unpaired) electrons. The van der Waals surface area contributed by atoms with Crippen LogP contribution in [0.25, 0.3) is 0 Å². The highest BCUT2D eigenvalue weighted by Crippen LogP contribution is 2.38. The minimum absolute atomic E-state index is 0.349. The predicted octanol–water partition coefficient (Wildman–Crippen LogP) is 7.93. The minimum Gasteiger partial charge on any atom is -0.247 e. The quantitative estimate of drug-likeness (QED) is 0.235. The first kappa shape index (κ1) is 20.5. The molecule has 2 aliphatic carbocycles. The Kier molecular flexibility index (Phi) is 9.45. The van der Waals surface area contributed by atoms with Crippen molar-refractivity contribution in [3.63, 3.8) is 0 Å². The van der Waals surface area contributed by atoms with Crippen LogP contribution < -0.4 is 0 Å². The largest absolute Gasteiger partial charge is 0.247 e. The first-order valence-corrected chi connectivity index (χ1v) is 11.3. The zero-order valence-electron chi connectivity index (χ0n) is 16.1. The van der Waals surface area contributed by atoms with Gasteiger partial charge >= 0.3 is 0 Å². The van der Waals surface area contributed by atoms with Gasteiger partial charge in [0.25, 0.3) is 0 Å². The molecule has 24 heavy (non-hydrogen) atoms. The summed E-state index contributed by atoms with van der Waals surface area (Å²) in [6, 6.07) is 0. The topological polar surface area (TPSA) is 0 Å². The molecule has 2 saturated carbocycles. The van der Waals surface area contributed by atoms with Crippen LogP contribution in [0.15, 0.2) is 0 Å². The molecule has 0 N–H and O–H groups in total. The molecule has 2 rings (SSSR count). The Bertz CT molecular complexity index is 324. The van der Waals surface area contributed by atoms with Crippen molar-refractivity contribution in [2.24, 2.45) is 23.7 Å². The SMILES string of the molecule is CCCC(CCCCC1CCC(Cl)CC1)C1CCCC(C)CC1F. The molecule has 0 heterocycles. The van der Waals surface area contributed by atoms with Crippen LogP contribution in [-0.4, -0.2) is 11.5 Å². The molecule has 0 amide bonds. The molecule has 0 aromatic heterocycles. The molecule has 142 valence electrons. The fourth-order valence-corrected chi connectivity index (χ4v) is 5.54. The van der Waals surface area contributed by atoms with Crippen LogP contribution in [0.3, 0.4) is 0 Å². The molecule has 0 spiro atoms. The average molecular weight is 359 g/mol. The van der Waals surface area contributed by atoms with Gasteiger partial charge in [-0.15, -0.1) is 11.6 Å². The van der Waals surface area contributed by atoms with Gasteiger partial charge < -0.3 is 0 Å². The molecule has 4 atom stereocenters. The Labute approximate surface area is 155 Å². The molecule has 2 fully saturated rings. The van der Waals surface area contributed by atoms with Crippen molar-refractivity contribution in [2.45, 2.75) is 115 Å². The Morgan fingerprint density at radius 1 is 1.00 bits per heavy atom. The van der Waals surface area contributed by atoms with Gasteiger partial charge in [-0.1, -0.05) is 65.2 Å². The summed E-state index contributed by atoms with van der Waals surface area (Å²) in [6.45, 7) is 4.50. The summed E-state index contributed by atoms with van der Waals surface area (Å²) in [5.74, 6) is 2.48. The van der Waals surface area contributed by atoms with Crippen LogP contribution in [-0.2, 0) is 0 Å². The smallest absolute Gasteiger partial charge is 0.103 e. The molecular weight excluding hydrogens is 319 g/mol. The van der Waals surface area contributed by atoms with Gasteiger partial charge in [-0.3, -0.25) is 0 Å². The lowest BCUT2D eigenvalue weighted by molar-refractivity contribution is 0.131. The summed E-state index contributed by atoms with van der Waals surface area (Å²) >= 11 is 6.21. The molecule has 4 unspecified atom stereocenters. The lowest BCUT2D eigenvalue weighted by Crippen LogP contribution is -2.25. The number of hydrogen-bond acceptors (Lipinski definition) is 0. The van der Waals surface area contributed by atoms with E-state index < -0.39 is 6.17 Å². The normalized spacial score (nSPS) is 36.2. The second-order valence-electron chi connectivity index (χ2n) is 8.90. The minimum atomic E-state index is -0.543. The molecule has 0 aromatic carbocycles. The number of unbranched alkanes of at least 4 members (excludes halogenated alkanes) is 1. The van der Waals surface area contributed by atoms with Crippen LogP contribution in [0.5, 0.6) is 0 Å². The third-order valence-electron chi connectivity index (χ3n) is 6.81. The van der Waals surface area contributed by atoms with Gasteiger partial charge in [0.15, 0.2) is 0 Å². The second-order valence-corrected chi connectivity index (χ2v) is 9.52. The van der Waals surface area contributed by atoms with E-state index in [0.717, 1.165) is 18.8 Å². The highest BCUT2D eigenvalue weighted by Gasteiger charge is 2.32. The first-order chi connectivity index (χ1) is 11.6. The lowest BCUT2D eigenvalue weighted by Gasteiger charge is -2.29. The summed E-state index contributed by atoms with van der Waals surface area (Å²) in [6.07, 6.45) is 16.7. The Morgan fingerprint density at radius 2 is 1.75 bits per heavy atom. The summed E-state index contributed by atoms with van der Waals surface area (Å²) in [5.41, 5.74) is 0. The molecular formula is C22H40ClF. The fourth-order valence-electron chi connectivity index (χ4n) is 5.28. The van der Waals surface area contributed by atoms with E-state index >= 15 is 0 Å². The van der Waals surface area contributed by atoms with E-state index in [1.165, 1.54) is 77.0 Å². The van der Waals surface area contributed by atoms with Gasteiger partial charge in [0, 0.05) is 5.38 Å². The van der Waals surface area contributed by atoms with Gasteiger partial charge in [0.05, 0.1) is 0 Å². The number of halogens is 2. The molecule has 0 aliphatic heterocycles. The average Bonchev–Trinajstić information content (AvgIpc) is 2.72. The van der Waals surface area contributed by atoms with E-state index in [1.54, 1.807) is 0 Å². The predicted molar refractivity (Wildman–Crippen MR) is 104 cm³/mol. The van der Waals surface area contributed by atoms with Crippen molar-refractivity contribution < 1.29 is 4.39 Å².